The number of amides is 1. The Morgan fingerprint density at radius 3 is 2.62 bits per heavy atom. The van der Waals surface area contributed by atoms with E-state index >= 15 is 0 Å². The van der Waals surface area contributed by atoms with Gasteiger partial charge in [-0.15, -0.1) is 0 Å². The van der Waals surface area contributed by atoms with Crippen molar-refractivity contribution in [3.63, 3.8) is 0 Å². The van der Waals surface area contributed by atoms with Crippen LogP contribution >= 0.6 is 0 Å². The summed E-state index contributed by atoms with van der Waals surface area (Å²) in [4.78, 5) is 16.9. The number of imidazole rings is 1. The van der Waals surface area contributed by atoms with E-state index in [0.29, 0.717) is 31.6 Å². The van der Waals surface area contributed by atoms with E-state index in [4.69, 9.17) is 4.52 Å². The van der Waals surface area contributed by atoms with Crippen molar-refractivity contribution in [1.29, 1.82) is 0 Å². The second kappa shape index (κ2) is 9.25. The highest BCUT2D eigenvalue weighted by Crippen LogP contribution is 2.27. The van der Waals surface area contributed by atoms with Crippen LogP contribution in [0.4, 0.5) is 0 Å². The van der Waals surface area contributed by atoms with Crippen LogP contribution < -0.4 is 5.32 Å². The first-order valence-electron chi connectivity index (χ1n) is 10.6. The quantitative estimate of drug-likeness (QED) is 0.583. The molecule has 9 nitrogen and oxygen atoms in total. The molecule has 10 heteroatoms. The highest BCUT2D eigenvalue weighted by atomic mass is 32.2. The van der Waals surface area contributed by atoms with Crippen LogP contribution in [0.25, 0.3) is 0 Å². The predicted octanol–water partition coefficient (Wildman–Crippen LogP) is 2.25. The van der Waals surface area contributed by atoms with E-state index in [1.807, 2.05) is 35.0 Å². The largest absolute Gasteiger partial charge is 0.360 e. The Hall–Kier alpha value is -2.98. The summed E-state index contributed by atoms with van der Waals surface area (Å²) >= 11 is 0. The van der Waals surface area contributed by atoms with Gasteiger partial charge in [0.2, 0.25) is 15.9 Å². The molecule has 1 aromatic carbocycles. The summed E-state index contributed by atoms with van der Waals surface area (Å²) < 4.78 is 34.5. The molecule has 3 heterocycles. The molecule has 2 aromatic heterocycles. The second-order valence-electron chi connectivity index (χ2n) is 8.12. The first-order valence-corrected chi connectivity index (χ1v) is 12.0. The average molecular weight is 458 g/mol. The number of rotatable bonds is 7. The number of aromatic nitrogens is 3. The van der Waals surface area contributed by atoms with Gasteiger partial charge in [-0.05, 0) is 37.8 Å². The van der Waals surface area contributed by atoms with Gasteiger partial charge >= 0.3 is 0 Å². The molecule has 4 rings (SSSR count). The topological polar surface area (TPSA) is 110 Å². The number of carbonyl (C=O) groups is 1. The number of nitrogens with one attached hydrogen (secondary N) is 1. The summed E-state index contributed by atoms with van der Waals surface area (Å²) in [6.45, 7) is 4.87. The molecule has 1 saturated heterocycles. The highest BCUT2D eigenvalue weighted by Gasteiger charge is 2.36. The van der Waals surface area contributed by atoms with Gasteiger partial charge in [-0.25, -0.2) is 13.4 Å². The van der Waals surface area contributed by atoms with Crippen molar-refractivity contribution in [2.45, 2.75) is 44.7 Å². The number of hydrogen-bond donors (Lipinski definition) is 1. The van der Waals surface area contributed by atoms with Gasteiger partial charge in [-0.1, -0.05) is 29.4 Å². The molecule has 0 spiro atoms. The van der Waals surface area contributed by atoms with Crippen LogP contribution in [0, 0.1) is 19.8 Å². The summed E-state index contributed by atoms with van der Waals surface area (Å²) in [5.41, 5.74) is 2.47. The molecule has 170 valence electrons. The van der Waals surface area contributed by atoms with Gasteiger partial charge in [0.1, 0.15) is 10.6 Å². The van der Waals surface area contributed by atoms with E-state index in [0.717, 1.165) is 17.7 Å². The molecule has 0 saturated carbocycles. The minimum absolute atomic E-state index is 0.106. The monoisotopic (exact) mass is 457 g/mol. The molecular weight excluding hydrogens is 430 g/mol. The molecule has 1 aliphatic heterocycles. The minimum Gasteiger partial charge on any atom is -0.360 e. The lowest BCUT2D eigenvalue weighted by molar-refractivity contribution is -0.126. The molecule has 1 aliphatic rings. The van der Waals surface area contributed by atoms with Gasteiger partial charge in [-0.2, -0.15) is 4.31 Å². The van der Waals surface area contributed by atoms with E-state index in [2.05, 4.69) is 15.5 Å². The van der Waals surface area contributed by atoms with Crippen LogP contribution in [0.1, 0.15) is 35.4 Å². The first-order chi connectivity index (χ1) is 15.3. The fraction of sp³-hybridized carbons (Fsp3) is 0.409. The van der Waals surface area contributed by atoms with Crippen molar-refractivity contribution in [2.24, 2.45) is 5.92 Å². The molecule has 0 bridgehead atoms. The number of aryl methyl sites for hydroxylation is 2. The van der Waals surface area contributed by atoms with Crippen molar-refractivity contribution >= 4 is 15.9 Å². The summed E-state index contributed by atoms with van der Waals surface area (Å²) in [5.74, 6) is -0.253. The van der Waals surface area contributed by atoms with Crippen molar-refractivity contribution in [3.8, 4) is 0 Å². The van der Waals surface area contributed by atoms with E-state index in [1.165, 1.54) is 4.31 Å². The third-order valence-electron chi connectivity index (χ3n) is 5.73. The second-order valence-corrected chi connectivity index (χ2v) is 10.00. The third kappa shape index (κ3) is 4.76. The zero-order valence-corrected chi connectivity index (χ0v) is 19.0. The smallest absolute Gasteiger partial charge is 0.248 e. The summed E-state index contributed by atoms with van der Waals surface area (Å²) in [6, 6.07) is 8.03. The predicted molar refractivity (Wildman–Crippen MR) is 117 cm³/mol. The van der Waals surface area contributed by atoms with Crippen molar-refractivity contribution < 1.29 is 17.7 Å². The van der Waals surface area contributed by atoms with Crippen LogP contribution in [0.2, 0.25) is 0 Å². The standard InChI is InChI=1S/C22H27N5O4S/c1-16-21(17(2)31-25-16)32(29,30)27-10-3-4-20(14-27)22(28)24-12-18-5-7-19(8-6-18)13-26-11-9-23-15-26/h5-9,11,15,20H,3-4,10,12-14H2,1-2H3,(H,24,28). The maximum absolute atomic E-state index is 13.1. The van der Waals surface area contributed by atoms with Crippen LogP contribution in [-0.4, -0.2) is 46.4 Å². The van der Waals surface area contributed by atoms with Gasteiger partial charge < -0.3 is 14.4 Å². The average Bonchev–Trinajstić information content (AvgIpc) is 3.42. The Morgan fingerprint density at radius 1 is 1.22 bits per heavy atom. The number of sulfonamides is 1. The Bertz CT molecular complexity index is 1150. The Labute approximate surface area is 187 Å². The van der Waals surface area contributed by atoms with Gasteiger partial charge in [0, 0.05) is 38.6 Å². The Kier molecular flexibility index (Phi) is 6.43. The number of piperidine rings is 1. The lowest BCUT2D eigenvalue weighted by Crippen LogP contribution is -2.45. The molecule has 3 aromatic rings. The molecule has 1 atom stereocenters. The third-order valence-corrected chi connectivity index (χ3v) is 7.84. The van der Waals surface area contributed by atoms with Gasteiger partial charge in [0.15, 0.2) is 5.76 Å². The lowest BCUT2D eigenvalue weighted by atomic mass is 9.98. The first kappa shape index (κ1) is 22.2. The molecule has 1 fully saturated rings. The van der Waals surface area contributed by atoms with Gasteiger partial charge in [0.25, 0.3) is 0 Å². The van der Waals surface area contributed by atoms with E-state index in [9.17, 15) is 13.2 Å². The van der Waals surface area contributed by atoms with Crippen LogP contribution in [0.15, 0.2) is 52.4 Å². The van der Waals surface area contributed by atoms with Gasteiger partial charge in [-0.3, -0.25) is 4.79 Å². The molecule has 1 unspecified atom stereocenters. The molecule has 32 heavy (non-hydrogen) atoms. The van der Waals surface area contributed by atoms with Gasteiger partial charge in [0.05, 0.1) is 12.2 Å². The minimum atomic E-state index is -3.75. The molecule has 0 radical (unpaired) electrons. The number of hydrogen-bond acceptors (Lipinski definition) is 6. The van der Waals surface area contributed by atoms with E-state index in [1.54, 1.807) is 26.4 Å². The summed E-state index contributed by atoms with van der Waals surface area (Å²) in [7, 11) is -3.75. The summed E-state index contributed by atoms with van der Waals surface area (Å²) in [6.07, 6.45) is 6.71. The van der Waals surface area contributed by atoms with E-state index < -0.39 is 10.0 Å². The van der Waals surface area contributed by atoms with Crippen molar-refractivity contribution in [1.82, 2.24) is 24.3 Å². The van der Waals surface area contributed by atoms with Crippen LogP contribution in [0.5, 0.6) is 0 Å². The maximum Gasteiger partial charge on any atom is 0.248 e. The number of benzene rings is 1. The molecule has 0 aliphatic carbocycles. The van der Waals surface area contributed by atoms with Crippen molar-refractivity contribution in [3.05, 3.63) is 65.6 Å². The number of carbonyl (C=O) groups excluding carboxylic acids is 1. The lowest BCUT2D eigenvalue weighted by Gasteiger charge is -2.31. The molecule has 1 N–H and O–H groups in total. The van der Waals surface area contributed by atoms with Crippen molar-refractivity contribution in [2.75, 3.05) is 13.1 Å². The molecular formula is C22H27N5O4S. The fourth-order valence-corrected chi connectivity index (χ4v) is 5.85. The zero-order valence-electron chi connectivity index (χ0n) is 18.2. The number of nitrogens with zero attached hydrogens (tertiary/aromatic N) is 4. The summed E-state index contributed by atoms with van der Waals surface area (Å²) in [5, 5.41) is 6.71. The Morgan fingerprint density at radius 2 is 1.97 bits per heavy atom. The normalized spacial score (nSPS) is 17.4. The fourth-order valence-electron chi connectivity index (χ4n) is 4.03. The Balaban J connectivity index is 1.34. The SMILES string of the molecule is Cc1noc(C)c1S(=O)(=O)N1CCCC(C(=O)NCc2ccc(Cn3ccnc3)cc2)C1. The van der Waals surface area contributed by atoms with Crippen LogP contribution in [-0.2, 0) is 27.9 Å². The van der Waals surface area contributed by atoms with Crippen LogP contribution in [0.3, 0.4) is 0 Å². The highest BCUT2D eigenvalue weighted by molar-refractivity contribution is 7.89. The molecule has 1 amide bonds. The maximum atomic E-state index is 13.1. The van der Waals surface area contributed by atoms with E-state index in [-0.39, 0.29) is 29.0 Å². The zero-order chi connectivity index (χ0) is 22.7.